The van der Waals surface area contributed by atoms with Gasteiger partial charge < -0.3 is 14.6 Å². The summed E-state index contributed by atoms with van der Waals surface area (Å²) in [5.74, 6) is -0.538. The van der Waals surface area contributed by atoms with E-state index in [1.54, 1.807) is 24.3 Å². The van der Waals surface area contributed by atoms with E-state index in [1.165, 1.54) is 24.3 Å². The molecule has 0 aromatic heterocycles. The van der Waals surface area contributed by atoms with Crippen LogP contribution >= 0.6 is 0 Å². The summed E-state index contributed by atoms with van der Waals surface area (Å²) in [6.45, 7) is -0.0329. The lowest BCUT2D eigenvalue weighted by atomic mass is 10.2. The molecular weight excluding hydrogens is 368 g/mol. The third kappa shape index (κ3) is 4.56. The van der Waals surface area contributed by atoms with Crippen LogP contribution in [-0.4, -0.2) is 45.7 Å². The topological polar surface area (TPSA) is 119 Å². The van der Waals surface area contributed by atoms with Gasteiger partial charge in [-0.05, 0) is 29.8 Å². The van der Waals surface area contributed by atoms with Crippen LogP contribution in [0.25, 0.3) is 0 Å². The van der Waals surface area contributed by atoms with Crippen molar-refractivity contribution >= 4 is 17.7 Å². The highest BCUT2D eigenvalue weighted by Crippen LogP contribution is 2.24. The second-order valence-electron chi connectivity index (χ2n) is 6.27. The van der Waals surface area contributed by atoms with Gasteiger partial charge in [0.05, 0.1) is 11.5 Å². The van der Waals surface area contributed by atoms with E-state index in [2.05, 4.69) is 0 Å². The number of rotatable bonds is 6. The number of benzene rings is 2. The number of nitro groups is 1. The summed E-state index contributed by atoms with van der Waals surface area (Å²) >= 11 is 0. The molecule has 2 aromatic rings. The van der Waals surface area contributed by atoms with Gasteiger partial charge in [-0.2, -0.15) is 0 Å². The van der Waals surface area contributed by atoms with Crippen LogP contribution in [0, 0.1) is 10.1 Å². The monoisotopic (exact) mass is 386 g/mol. The highest BCUT2D eigenvalue weighted by molar-refractivity contribution is 5.81. The number of para-hydroxylation sites is 1. The van der Waals surface area contributed by atoms with Gasteiger partial charge in [-0.15, -0.1) is 0 Å². The molecule has 0 unspecified atom stereocenters. The SMILES string of the molecule is O=C(O)[C@@H]1C[C@@H](Oc2ccccc2)CN1C(=O)OCc1ccc([N+](=O)[O-])cc1. The Bertz CT molecular complexity index is 854. The zero-order chi connectivity index (χ0) is 20.1. The van der Waals surface area contributed by atoms with Crippen molar-refractivity contribution in [1.82, 2.24) is 4.90 Å². The van der Waals surface area contributed by atoms with Crippen molar-refractivity contribution in [3.05, 3.63) is 70.3 Å². The molecule has 3 rings (SSSR count). The largest absolute Gasteiger partial charge is 0.488 e. The number of nitro benzene ring substituents is 1. The smallest absolute Gasteiger partial charge is 0.410 e. The van der Waals surface area contributed by atoms with Gasteiger partial charge in [0.15, 0.2) is 0 Å². The number of hydrogen-bond donors (Lipinski definition) is 1. The second kappa shape index (κ2) is 8.38. The number of carbonyl (C=O) groups excluding carboxylic acids is 1. The molecule has 1 aliphatic rings. The second-order valence-corrected chi connectivity index (χ2v) is 6.27. The van der Waals surface area contributed by atoms with E-state index < -0.39 is 29.1 Å². The Morgan fingerprint density at radius 2 is 1.82 bits per heavy atom. The van der Waals surface area contributed by atoms with Crippen molar-refractivity contribution in [2.45, 2.75) is 25.2 Å². The Labute approximate surface area is 160 Å². The van der Waals surface area contributed by atoms with E-state index in [9.17, 15) is 24.8 Å². The average Bonchev–Trinajstić information content (AvgIpc) is 3.11. The van der Waals surface area contributed by atoms with Gasteiger partial charge in [-0.3, -0.25) is 15.0 Å². The first-order valence-corrected chi connectivity index (χ1v) is 8.55. The maximum Gasteiger partial charge on any atom is 0.410 e. The number of non-ortho nitro benzene ring substituents is 1. The molecule has 1 N–H and O–H groups in total. The first-order valence-electron chi connectivity index (χ1n) is 8.55. The summed E-state index contributed by atoms with van der Waals surface area (Å²) in [4.78, 5) is 35.2. The zero-order valence-corrected chi connectivity index (χ0v) is 14.8. The van der Waals surface area contributed by atoms with Crippen LogP contribution in [0.2, 0.25) is 0 Å². The predicted octanol–water partition coefficient (Wildman–Crippen LogP) is 2.84. The molecule has 1 aliphatic heterocycles. The number of likely N-dealkylation sites (tertiary alicyclic amines) is 1. The van der Waals surface area contributed by atoms with Gasteiger partial charge in [0, 0.05) is 18.6 Å². The van der Waals surface area contributed by atoms with Crippen LogP contribution in [0.15, 0.2) is 54.6 Å². The number of amides is 1. The first kappa shape index (κ1) is 19.2. The summed E-state index contributed by atoms with van der Waals surface area (Å²) in [6, 6.07) is 13.5. The molecule has 2 aromatic carbocycles. The fraction of sp³-hybridized carbons (Fsp3) is 0.263. The van der Waals surface area contributed by atoms with Gasteiger partial charge in [-0.25, -0.2) is 9.59 Å². The maximum atomic E-state index is 12.4. The normalized spacial score (nSPS) is 18.5. The molecule has 1 fully saturated rings. The lowest BCUT2D eigenvalue weighted by molar-refractivity contribution is -0.384. The van der Waals surface area contributed by atoms with E-state index in [0.29, 0.717) is 11.3 Å². The molecular formula is C19H18N2O7. The number of carbonyl (C=O) groups is 2. The third-order valence-electron chi connectivity index (χ3n) is 4.34. The molecule has 0 bridgehead atoms. The Balaban J connectivity index is 1.60. The fourth-order valence-corrected chi connectivity index (χ4v) is 2.95. The molecule has 1 heterocycles. The molecule has 9 heteroatoms. The molecule has 0 saturated carbocycles. The minimum atomic E-state index is -1.13. The predicted molar refractivity (Wildman–Crippen MR) is 96.9 cm³/mol. The Morgan fingerprint density at radius 1 is 1.14 bits per heavy atom. The molecule has 0 spiro atoms. The molecule has 1 saturated heterocycles. The number of hydrogen-bond acceptors (Lipinski definition) is 6. The van der Waals surface area contributed by atoms with Crippen molar-refractivity contribution in [3.63, 3.8) is 0 Å². The molecule has 9 nitrogen and oxygen atoms in total. The summed E-state index contributed by atoms with van der Waals surface area (Å²) in [7, 11) is 0. The number of aliphatic carboxylic acids is 1. The van der Waals surface area contributed by atoms with Gasteiger partial charge in [0.25, 0.3) is 5.69 Å². The van der Waals surface area contributed by atoms with Crippen LogP contribution in [-0.2, 0) is 16.1 Å². The van der Waals surface area contributed by atoms with E-state index in [1.807, 2.05) is 6.07 Å². The highest BCUT2D eigenvalue weighted by Gasteiger charge is 2.41. The van der Waals surface area contributed by atoms with Crippen LogP contribution in [0.1, 0.15) is 12.0 Å². The molecule has 2 atom stereocenters. The number of carboxylic acid groups (broad SMARTS) is 1. The molecule has 0 radical (unpaired) electrons. The lowest BCUT2D eigenvalue weighted by Crippen LogP contribution is -2.40. The van der Waals surface area contributed by atoms with Crippen LogP contribution in [0.5, 0.6) is 5.75 Å². The minimum Gasteiger partial charge on any atom is -0.488 e. The maximum absolute atomic E-state index is 12.4. The van der Waals surface area contributed by atoms with Gasteiger partial charge in [-0.1, -0.05) is 18.2 Å². The Hall–Kier alpha value is -3.62. The Morgan fingerprint density at radius 3 is 2.43 bits per heavy atom. The van der Waals surface area contributed by atoms with Crippen LogP contribution < -0.4 is 4.74 Å². The van der Waals surface area contributed by atoms with Gasteiger partial charge in [0.1, 0.15) is 24.5 Å². The standard InChI is InChI=1S/C19H18N2O7/c22-18(23)17-10-16(28-15-4-2-1-3-5-15)11-20(17)19(24)27-12-13-6-8-14(9-7-13)21(25)26/h1-9,16-17H,10-12H2,(H,22,23)/t16-,17+/m1/s1. The number of ether oxygens (including phenoxy) is 2. The lowest BCUT2D eigenvalue weighted by Gasteiger charge is -2.20. The van der Waals surface area contributed by atoms with Gasteiger partial charge >= 0.3 is 12.1 Å². The van der Waals surface area contributed by atoms with E-state index >= 15 is 0 Å². The summed E-state index contributed by atoms with van der Waals surface area (Å²) in [5.41, 5.74) is 0.489. The molecule has 0 aliphatic carbocycles. The summed E-state index contributed by atoms with van der Waals surface area (Å²) in [6.07, 6.45) is -1.09. The van der Waals surface area contributed by atoms with E-state index in [0.717, 1.165) is 4.90 Å². The highest BCUT2D eigenvalue weighted by atomic mass is 16.6. The zero-order valence-electron chi connectivity index (χ0n) is 14.8. The summed E-state index contributed by atoms with van der Waals surface area (Å²) in [5, 5.41) is 20.1. The van der Waals surface area contributed by atoms with Crippen molar-refractivity contribution in [3.8, 4) is 5.75 Å². The van der Waals surface area contributed by atoms with Crippen molar-refractivity contribution in [2.75, 3.05) is 6.54 Å². The van der Waals surface area contributed by atoms with Crippen LogP contribution in [0.3, 0.4) is 0 Å². The van der Waals surface area contributed by atoms with Gasteiger partial charge in [0.2, 0.25) is 0 Å². The first-order chi connectivity index (χ1) is 13.4. The van der Waals surface area contributed by atoms with E-state index in [-0.39, 0.29) is 25.3 Å². The Kier molecular flexibility index (Phi) is 5.73. The van der Waals surface area contributed by atoms with Crippen molar-refractivity contribution in [2.24, 2.45) is 0 Å². The minimum absolute atomic E-state index is 0.0681. The van der Waals surface area contributed by atoms with E-state index in [4.69, 9.17) is 9.47 Å². The number of nitrogens with zero attached hydrogens (tertiary/aromatic N) is 2. The van der Waals surface area contributed by atoms with Crippen molar-refractivity contribution in [1.29, 1.82) is 0 Å². The molecule has 146 valence electrons. The number of carboxylic acids is 1. The van der Waals surface area contributed by atoms with Crippen LogP contribution in [0.4, 0.5) is 10.5 Å². The summed E-state index contributed by atoms with van der Waals surface area (Å²) < 4.78 is 10.9. The fourth-order valence-electron chi connectivity index (χ4n) is 2.95. The quantitative estimate of drug-likeness (QED) is 0.599. The van der Waals surface area contributed by atoms with Crippen molar-refractivity contribution < 1.29 is 29.1 Å². The average molecular weight is 386 g/mol. The molecule has 28 heavy (non-hydrogen) atoms. The third-order valence-corrected chi connectivity index (χ3v) is 4.34. The molecule has 1 amide bonds.